The number of hydrogen-bond donors (Lipinski definition) is 2. The lowest BCUT2D eigenvalue weighted by Crippen LogP contribution is -2.19. The summed E-state index contributed by atoms with van der Waals surface area (Å²) in [6.07, 6.45) is 7.51. The van der Waals surface area contributed by atoms with Crippen molar-refractivity contribution in [3.63, 3.8) is 0 Å². The van der Waals surface area contributed by atoms with Crippen LogP contribution in [0.3, 0.4) is 0 Å². The monoisotopic (exact) mass is 558 g/mol. The molecule has 3 heterocycles. The van der Waals surface area contributed by atoms with Crippen LogP contribution in [0.15, 0.2) is 53.8 Å². The van der Waals surface area contributed by atoms with Crippen LogP contribution in [0, 0.1) is 12.8 Å². The summed E-state index contributed by atoms with van der Waals surface area (Å²) in [5.41, 5.74) is 2.04. The molecule has 0 radical (unpaired) electrons. The lowest BCUT2D eigenvalue weighted by Gasteiger charge is -2.16. The van der Waals surface area contributed by atoms with E-state index in [0.717, 1.165) is 24.3 Å². The average molecular weight is 559 g/mol. The lowest BCUT2D eigenvalue weighted by molar-refractivity contribution is 0.373. The van der Waals surface area contributed by atoms with Gasteiger partial charge in [0.25, 0.3) is 10.0 Å². The Balaban J connectivity index is 0.00000200. The summed E-state index contributed by atoms with van der Waals surface area (Å²) < 4.78 is 30.1. The number of fused-ring (bicyclic) bond motifs is 1. The molecule has 0 bridgehead atoms. The van der Waals surface area contributed by atoms with Crippen LogP contribution in [0.1, 0.15) is 32.8 Å². The van der Waals surface area contributed by atoms with E-state index >= 15 is 0 Å². The van der Waals surface area contributed by atoms with Crippen molar-refractivity contribution in [2.75, 3.05) is 31.3 Å². The van der Waals surface area contributed by atoms with Gasteiger partial charge in [-0.05, 0) is 64.9 Å². The minimum absolute atomic E-state index is 0. The van der Waals surface area contributed by atoms with E-state index in [-0.39, 0.29) is 31.9 Å². The zero-order valence-electron chi connectivity index (χ0n) is 21.5. The molecule has 1 aliphatic rings. The van der Waals surface area contributed by atoms with Crippen molar-refractivity contribution in [3.8, 4) is 0 Å². The normalized spacial score (nSPS) is 14.1. The fraction of sp³-hybridized carbons (Fsp3) is 0.423. The number of benzene rings is 1. The van der Waals surface area contributed by atoms with Gasteiger partial charge in [0.05, 0.1) is 28.7 Å². The highest BCUT2D eigenvalue weighted by atomic mass is 32.2. The van der Waals surface area contributed by atoms with E-state index in [9.17, 15) is 8.42 Å². The van der Waals surface area contributed by atoms with Crippen LogP contribution < -0.4 is 10.6 Å². The summed E-state index contributed by atoms with van der Waals surface area (Å²) in [5, 5.41) is 11.8. The highest BCUT2D eigenvalue weighted by Gasteiger charge is 2.29. The molecule has 0 saturated heterocycles. The second kappa shape index (κ2) is 11.7. The van der Waals surface area contributed by atoms with Crippen LogP contribution in [0.25, 0.3) is 11.0 Å². The number of anilines is 3. The fourth-order valence-electron chi connectivity index (χ4n) is 4.09. The summed E-state index contributed by atoms with van der Waals surface area (Å²) in [4.78, 5) is 11.7. The smallest absolute Gasteiger partial charge is 0.269 e. The Labute approximate surface area is 232 Å². The summed E-state index contributed by atoms with van der Waals surface area (Å²) in [7, 11) is 0.194. The van der Waals surface area contributed by atoms with Crippen molar-refractivity contribution in [1.29, 1.82) is 0 Å². The summed E-state index contributed by atoms with van der Waals surface area (Å²) in [5.74, 6) is 1.51. The SMILES string of the molecule is C.Cc1ccc(S(=O)(=O)n2ccc3c(N[C@@H](C)C4CC4)nc(Nc4cnn(CCN(C)C)c4)nc32)cc1.S. The van der Waals surface area contributed by atoms with Crippen molar-refractivity contribution in [3.05, 3.63) is 54.5 Å². The van der Waals surface area contributed by atoms with E-state index in [2.05, 4.69) is 32.5 Å². The third-order valence-electron chi connectivity index (χ3n) is 6.45. The molecule has 2 N–H and O–H groups in total. The highest BCUT2D eigenvalue weighted by molar-refractivity contribution is 7.90. The Morgan fingerprint density at radius 3 is 2.50 bits per heavy atom. The van der Waals surface area contributed by atoms with Crippen LogP contribution in [0.5, 0.6) is 0 Å². The van der Waals surface area contributed by atoms with E-state index < -0.39 is 10.0 Å². The molecule has 1 fully saturated rings. The second-order valence-corrected chi connectivity index (χ2v) is 11.6. The fourth-order valence-corrected chi connectivity index (χ4v) is 5.38. The molecule has 0 amide bonds. The molecule has 1 aromatic carbocycles. The van der Waals surface area contributed by atoms with Crippen molar-refractivity contribution in [2.24, 2.45) is 5.92 Å². The number of aromatic nitrogens is 5. The third-order valence-corrected chi connectivity index (χ3v) is 8.13. The Kier molecular flexibility index (Phi) is 9.11. The predicted molar refractivity (Wildman–Crippen MR) is 158 cm³/mol. The molecule has 38 heavy (non-hydrogen) atoms. The molecule has 0 aliphatic heterocycles. The summed E-state index contributed by atoms with van der Waals surface area (Å²) in [6, 6.07) is 8.80. The first kappa shape index (κ1) is 29.5. The van der Waals surface area contributed by atoms with Crippen molar-refractivity contribution in [1.82, 2.24) is 28.6 Å². The van der Waals surface area contributed by atoms with Crippen molar-refractivity contribution < 1.29 is 8.42 Å². The Bertz CT molecular complexity index is 1470. The molecule has 5 rings (SSSR count). The molecule has 1 saturated carbocycles. The van der Waals surface area contributed by atoms with Gasteiger partial charge in [-0.15, -0.1) is 0 Å². The van der Waals surface area contributed by atoms with Gasteiger partial charge in [-0.2, -0.15) is 28.6 Å². The van der Waals surface area contributed by atoms with Gasteiger partial charge in [-0.1, -0.05) is 25.1 Å². The zero-order chi connectivity index (χ0) is 25.4. The van der Waals surface area contributed by atoms with Gasteiger partial charge in [0, 0.05) is 25.0 Å². The number of likely N-dealkylation sites (N-methyl/N-ethyl adjacent to an activating group) is 1. The van der Waals surface area contributed by atoms with E-state index in [1.54, 1.807) is 42.7 Å². The van der Waals surface area contributed by atoms with E-state index in [4.69, 9.17) is 4.98 Å². The predicted octanol–water partition coefficient (Wildman–Crippen LogP) is 4.44. The number of aryl methyl sites for hydroxylation is 1. The molecular formula is C26H38N8O2S2. The van der Waals surface area contributed by atoms with Gasteiger partial charge in [0.15, 0.2) is 5.65 Å². The maximum atomic E-state index is 13.5. The lowest BCUT2D eigenvalue weighted by atomic mass is 10.2. The number of hydrogen-bond acceptors (Lipinski definition) is 8. The van der Waals surface area contributed by atoms with Crippen LogP contribution >= 0.6 is 13.5 Å². The topological polar surface area (TPSA) is 110 Å². The van der Waals surface area contributed by atoms with Gasteiger partial charge in [0.1, 0.15) is 5.82 Å². The van der Waals surface area contributed by atoms with E-state index in [1.165, 1.54) is 16.8 Å². The molecule has 206 valence electrons. The second-order valence-electron chi connectivity index (χ2n) is 9.75. The minimum Gasteiger partial charge on any atom is -0.367 e. The first-order chi connectivity index (χ1) is 17.2. The van der Waals surface area contributed by atoms with Crippen LogP contribution in [-0.4, -0.2) is 63.7 Å². The Morgan fingerprint density at radius 2 is 1.84 bits per heavy atom. The minimum atomic E-state index is -3.84. The Morgan fingerprint density at radius 1 is 1.13 bits per heavy atom. The third kappa shape index (κ3) is 6.30. The Hall–Kier alpha value is -3.09. The van der Waals surface area contributed by atoms with Gasteiger partial charge < -0.3 is 15.5 Å². The van der Waals surface area contributed by atoms with E-state index in [0.29, 0.717) is 28.7 Å². The van der Waals surface area contributed by atoms with Gasteiger partial charge in [-0.3, -0.25) is 4.68 Å². The van der Waals surface area contributed by atoms with Gasteiger partial charge >= 0.3 is 0 Å². The molecule has 12 heteroatoms. The van der Waals surface area contributed by atoms with Crippen molar-refractivity contribution in [2.45, 2.75) is 51.6 Å². The average Bonchev–Trinajstić information content (AvgIpc) is 3.44. The molecule has 0 spiro atoms. The number of rotatable bonds is 10. The number of nitrogens with zero attached hydrogens (tertiary/aromatic N) is 6. The van der Waals surface area contributed by atoms with E-state index in [1.807, 2.05) is 31.9 Å². The van der Waals surface area contributed by atoms with Crippen LogP contribution in [0.4, 0.5) is 17.5 Å². The van der Waals surface area contributed by atoms with Crippen LogP contribution in [-0.2, 0) is 16.6 Å². The van der Waals surface area contributed by atoms with Gasteiger partial charge in [-0.25, -0.2) is 12.4 Å². The van der Waals surface area contributed by atoms with Gasteiger partial charge in [0.2, 0.25) is 5.95 Å². The first-order valence-corrected chi connectivity index (χ1v) is 13.6. The standard InChI is InChI=1S/C25H32N8O2S.CH4.H2S/c1-17-5-9-21(10-6-17)36(34,35)33-12-11-22-23(27-18(2)19-7-8-19)29-25(30-24(22)33)28-20-15-26-32(16-20)14-13-31(3)4;;/h5-6,9-12,15-16,18-19H,7-8,13-14H2,1-4H3,(H2,27,28,29,30);1H4;1H2/t18-;;/m0../s1. The molecular weight excluding hydrogens is 520 g/mol. The molecule has 4 aromatic rings. The maximum Gasteiger partial charge on any atom is 0.269 e. The largest absolute Gasteiger partial charge is 0.367 e. The number of nitrogens with one attached hydrogen (secondary N) is 2. The summed E-state index contributed by atoms with van der Waals surface area (Å²) >= 11 is 0. The summed E-state index contributed by atoms with van der Waals surface area (Å²) in [6.45, 7) is 5.67. The first-order valence-electron chi connectivity index (χ1n) is 12.1. The molecule has 0 unspecified atom stereocenters. The zero-order valence-corrected chi connectivity index (χ0v) is 23.3. The highest BCUT2D eigenvalue weighted by Crippen LogP contribution is 2.35. The maximum absolute atomic E-state index is 13.5. The quantitative estimate of drug-likeness (QED) is 0.294. The molecule has 3 aromatic heterocycles. The molecule has 1 aliphatic carbocycles. The van der Waals surface area contributed by atoms with Crippen molar-refractivity contribution >= 4 is 52.0 Å². The molecule has 10 nitrogen and oxygen atoms in total. The molecule has 1 atom stereocenters. The van der Waals surface area contributed by atoms with Crippen LogP contribution in [0.2, 0.25) is 0 Å².